The van der Waals surface area contributed by atoms with Gasteiger partial charge in [0.1, 0.15) is 0 Å². The van der Waals surface area contributed by atoms with E-state index in [0.717, 1.165) is 5.56 Å². The van der Waals surface area contributed by atoms with Crippen LogP contribution in [0.5, 0.6) is 0 Å². The summed E-state index contributed by atoms with van der Waals surface area (Å²) in [6.45, 7) is 1.57. The molecule has 1 aromatic rings. The molecule has 0 saturated heterocycles. The normalized spacial score (nSPS) is 11.2. The highest BCUT2D eigenvalue weighted by Crippen LogP contribution is 2.29. The summed E-state index contributed by atoms with van der Waals surface area (Å²) in [4.78, 5) is 22.3. The third-order valence-electron chi connectivity index (χ3n) is 3.24. The van der Waals surface area contributed by atoms with Gasteiger partial charge in [-0.1, -0.05) is 19.1 Å². The van der Waals surface area contributed by atoms with Crippen molar-refractivity contribution in [1.29, 1.82) is 0 Å². The van der Waals surface area contributed by atoms with Crippen LogP contribution in [-0.2, 0) is 16.0 Å². The van der Waals surface area contributed by atoms with Crippen molar-refractivity contribution in [1.82, 2.24) is 0 Å². The van der Waals surface area contributed by atoms with Crippen LogP contribution in [0.2, 0.25) is 0 Å². The lowest BCUT2D eigenvalue weighted by Gasteiger charge is -2.23. The zero-order valence-corrected chi connectivity index (χ0v) is 10.2. The van der Waals surface area contributed by atoms with Gasteiger partial charge in [-0.3, -0.25) is 9.59 Å². The lowest BCUT2D eigenvalue weighted by Crippen LogP contribution is -2.39. The van der Waals surface area contributed by atoms with E-state index in [-0.39, 0.29) is 12.8 Å². The smallest absolute Gasteiger partial charge is 0.321 e. The average Bonchev–Trinajstić information content (AvgIpc) is 2.32. The maximum Gasteiger partial charge on any atom is 0.321 e. The molecule has 0 aliphatic heterocycles. The molecule has 0 spiro atoms. The van der Waals surface area contributed by atoms with E-state index in [1.165, 1.54) is 0 Å². The molecular weight excluding hydrogens is 234 g/mol. The van der Waals surface area contributed by atoms with Crippen LogP contribution >= 0.6 is 0 Å². The summed E-state index contributed by atoms with van der Waals surface area (Å²) in [6, 6.07) is 6.98. The molecule has 4 N–H and O–H groups in total. The predicted octanol–water partition coefficient (Wildman–Crippen LogP) is 1.77. The van der Waals surface area contributed by atoms with Crippen LogP contribution in [-0.4, -0.2) is 22.2 Å². The predicted molar refractivity (Wildman–Crippen MR) is 67.2 cm³/mol. The number of rotatable bonds is 6. The van der Waals surface area contributed by atoms with Gasteiger partial charge in [0.05, 0.1) is 0 Å². The Balaban J connectivity index is 2.83. The molecule has 0 atom stereocenters. The molecule has 0 aliphatic rings. The van der Waals surface area contributed by atoms with E-state index >= 15 is 0 Å². The number of anilines is 1. The summed E-state index contributed by atoms with van der Waals surface area (Å²) < 4.78 is 0. The molecule has 1 aromatic carbocycles. The molecule has 0 aliphatic carbocycles. The maximum atomic E-state index is 11.2. The maximum absolute atomic E-state index is 11.2. The number of hydrogen-bond donors (Lipinski definition) is 3. The van der Waals surface area contributed by atoms with E-state index < -0.39 is 17.4 Å². The fourth-order valence-corrected chi connectivity index (χ4v) is 1.83. The lowest BCUT2D eigenvalue weighted by atomic mass is 9.80. The summed E-state index contributed by atoms with van der Waals surface area (Å²) in [5.74, 6) is -2.57. The summed E-state index contributed by atoms with van der Waals surface area (Å²) >= 11 is 0. The second-order valence-electron chi connectivity index (χ2n) is 4.29. The van der Waals surface area contributed by atoms with Crippen molar-refractivity contribution < 1.29 is 19.8 Å². The minimum Gasteiger partial charge on any atom is -0.480 e. The Morgan fingerprint density at radius 1 is 1.17 bits per heavy atom. The first-order valence-corrected chi connectivity index (χ1v) is 5.73. The quantitative estimate of drug-likeness (QED) is 0.528. The van der Waals surface area contributed by atoms with Crippen LogP contribution in [0.4, 0.5) is 5.69 Å². The third kappa shape index (κ3) is 2.80. The Morgan fingerprint density at radius 3 is 2.06 bits per heavy atom. The molecule has 0 fully saturated rings. The van der Waals surface area contributed by atoms with Crippen LogP contribution in [0.1, 0.15) is 25.3 Å². The standard InChI is InChI=1S/C13H17NO4/c1-2-13(11(15)16,12(17)18)8-7-9-3-5-10(14)6-4-9/h3-6H,2,7-8,14H2,1H3,(H,15,16)(H,17,18). The summed E-state index contributed by atoms with van der Waals surface area (Å²) in [6.07, 6.45) is 0.525. The fraction of sp³-hybridized carbons (Fsp3) is 0.385. The molecule has 0 saturated carbocycles. The number of benzene rings is 1. The van der Waals surface area contributed by atoms with E-state index in [9.17, 15) is 9.59 Å². The zero-order chi connectivity index (χ0) is 13.8. The number of carboxylic acid groups (broad SMARTS) is 2. The van der Waals surface area contributed by atoms with Crippen molar-refractivity contribution in [3.05, 3.63) is 29.8 Å². The molecule has 5 heteroatoms. The topological polar surface area (TPSA) is 101 Å². The van der Waals surface area contributed by atoms with Gasteiger partial charge in [-0.15, -0.1) is 0 Å². The van der Waals surface area contributed by atoms with E-state index in [1.807, 2.05) is 0 Å². The molecule has 1 rings (SSSR count). The number of aliphatic carboxylic acids is 2. The van der Waals surface area contributed by atoms with Crippen molar-refractivity contribution in [2.75, 3.05) is 5.73 Å². The van der Waals surface area contributed by atoms with Crippen LogP contribution < -0.4 is 5.73 Å². The zero-order valence-electron chi connectivity index (χ0n) is 10.2. The van der Waals surface area contributed by atoms with Gasteiger partial charge in [-0.2, -0.15) is 0 Å². The van der Waals surface area contributed by atoms with Crippen molar-refractivity contribution in [2.24, 2.45) is 5.41 Å². The third-order valence-corrected chi connectivity index (χ3v) is 3.24. The molecule has 0 unspecified atom stereocenters. The highest BCUT2D eigenvalue weighted by Gasteiger charge is 2.44. The number of aryl methyl sites for hydroxylation is 1. The molecule has 0 amide bonds. The van der Waals surface area contributed by atoms with Crippen LogP contribution in [0, 0.1) is 5.41 Å². The van der Waals surface area contributed by atoms with Gasteiger partial charge in [-0.05, 0) is 37.0 Å². The van der Waals surface area contributed by atoms with Gasteiger partial charge >= 0.3 is 11.9 Å². The van der Waals surface area contributed by atoms with Crippen LogP contribution in [0.25, 0.3) is 0 Å². The van der Waals surface area contributed by atoms with Crippen LogP contribution in [0.3, 0.4) is 0 Å². The molecule has 0 aromatic heterocycles. The van der Waals surface area contributed by atoms with Gasteiger partial charge in [0.2, 0.25) is 0 Å². The Labute approximate surface area is 105 Å². The van der Waals surface area contributed by atoms with E-state index in [4.69, 9.17) is 15.9 Å². The minimum absolute atomic E-state index is 0.0621. The van der Waals surface area contributed by atoms with Crippen molar-refractivity contribution in [2.45, 2.75) is 26.2 Å². The fourth-order valence-electron chi connectivity index (χ4n) is 1.83. The first kappa shape index (κ1) is 14.0. The van der Waals surface area contributed by atoms with Crippen molar-refractivity contribution in [3.63, 3.8) is 0 Å². The number of carboxylic acids is 2. The molecule has 0 heterocycles. The van der Waals surface area contributed by atoms with Crippen molar-refractivity contribution >= 4 is 17.6 Å². The summed E-state index contributed by atoms with van der Waals surface area (Å²) in [7, 11) is 0. The monoisotopic (exact) mass is 251 g/mol. The SMILES string of the molecule is CCC(CCc1ccc(N)cc1)(C(=O)O)C(=O)O. The molecular formula is C13H17NO4. The van der Waals surface area contributed by atoms with Crippen molar-refractivity contribution in [3.8, 4) is 0 Å². The van der Waals surface area contributed by atoms with E-state index in [1.54, 1.807) is 31.2 Å². The second-order valence-corrected chi connectivity index (χ2v) is 4.29. The Kier molecular flexibility index (Phi) is 4.31. The average molecular weight is 251 g/mol. The largest absolute Gasteiger partial charge is 0.480 e. The van der Waals surface area contributed by atoms with E-state index in [2.05, 4.69) is 0 Å². The Hall–Kier alpha value is -2.04. The number of nitrogens with two attached hydrogens (primary N) is 1. The molecule has 18 heavy (non-hydrogen) atoms. The molecule has 98 valence electrons. The number of nitrogen functional groups attached to an aromatic ring is 1. The molecule has 5 nitrogen and oxygen atoms in total. The molecule has 0 radical (unpaired) electrons. The van der Waals surface area contributed by atoms with Gasteiger partial charge in [-0.25, -0.2) is 0 Å². The summed E-state index contributed by atoms with van der Waals surface area (Å²) in [5, 5.41) is 18.2. The van der Waals surface area contributed by atoms with Gasteiger partial charge in [0.25, 0.3) is 0 Å². The Morgan fingerprint density at radius 2 is 1.67 bits per heavy atom. The van der Waals surface area contributed by atoms with Crippen LogP contribution in [0.15, 0.2) is 24.3 Å². The van der Waals surface area contributed by atoms with Gasteiger partial charge in [0.15, 0.2) is 5.41 Å². The Bertz CT molecular complexity index is 425. The van der Waals surface area contributed by atoms with E-state index in [0.29, 0.717) is 12.1 Å². The summed E-state index contributed by atoms with van der Waals surface area (Å²) in [5.41, 5.74) is 5.34. The first-order valence-electron chi connectivity index (χ1n) is 5.73. The van der Waals surface area contributed by atoms with Gasteiger partial charge < -0.3 is 15.9 Å². The molecule has 0 bridgehead atoms. The number of hydrogen-bond acceptors (Lipinski definition) is 3. The highest BCUT2D eigenvalue weighted by atomic mass is 16.4. The minimum atomic E-state index is -1.71. The first-order chi connectivity index (χ1) is 8.42. The lowest BCUT2D eigenvalue weighted by molar-refractivity contribution is -0.165. The number of carbonyl (C=O) groups is 2. The second kappa shape index (κ2) is 5.53. The highest BCUT2D eigenvalue weighted by molar-refractivity contribution is 5.98. The van der Waals surface area contributed by atoms with Gasteiger partial charge in [0, 0.05) is 5.69 Å².